The average Bonchev–Trinajstić information content (AvgIpc) is 3.10. The number of rotatable bonds is 5. The second kappa shape index (κ2) is 7.19. The Bertz CT molecular complexity index is 988. The standard InChI is InChI=1S/C16H11ClN4O5/c1-25-11-4-2-3-9(7-11)15-19-20-16(26-15)18-14(22)12-8-10(21(23)24)5-6-13(12)17/h2-8H,1H3,(H,18,20,22). The maximum atomic E-state index is 12.3. The number of aromatic nitrogens is 2. The van der Waals surface area contributed by atoms with Gasteiger partial charge in [0.2, 0.25) is 5.89 Å². The number of carbonyl (C=O) groups excluding carboxylic acids is 1. The lowest BCUT2D eigenvalue weighted by Crippen LogP contribution is -2.13. The molecule has 0 bridgehead atoms. The number of carbonyl (C=O) groups is 1. The first-order valence-electron chi connectivity index (χ1n) is 7.21. The molecule has 3 aromatic rings. The van der Waals surface area contributed by atoms with Crippen molar-refractivity contribution < 1.29 is 18.9 Å². The van der Waals surface area contributed by atoms with Gasteiger partial charge in [0.25, 0.3) is 11.6 Å². The van der Waals surface area contributed by atoms with Crippen molar-refractivity contribution in [2.75, 3.05) is 12.4 Å². The van der Waals surface area contributed by atoms with Crippen LogP contribution in [0, 0.1) is 10.1 Å². The summed E-state index contributed by atoms with van der Waals surface area (Å²) in [6.45, 7) is 0. The number of amides is 1. The van der Waals surface area contributed by atoms with Crippen LogP contribution < -0.4 is 10.1 Å². The molecule has 0 saturated heterocycles. The van der Waals surface area contributed by atoms with Crippen molar-refractivity contribution in [1.29, 1.82) is 0 Å². The molecule has 132 valence electrons. The summed E-state index contributed by atoms with van der Waals surface area (Å²) < 4.78 is 10.5. The number of nitro groups is 1. The second-order valence-corrected chi connectivity index (χ2v) is 5.43. The van der Waals surface area contributed by atoms with Gasteiger partial charge >= 0.3 is 6.01 Å². The molecule has 0 unspecified atom stereocenters. The highest BCUT2D eigenvalue weighted by atomic mass is 35.5. The van der Waals surface area contributed by atoms with E-state index in [1.54, 1.807) is 24.3 Å². The van der Waals surface area contributed by atoms with Crippen molar-refractivity contribution in [3.63, 3.8) is 0 Å². The number of nitrogens with one attached hydrogen (secondary N) is 1. The third-order valence-corrected chi connectivity index (χ3v) is 3.70. The van der Waals surface area contributed by atoms with Crippen LogP contribution in [0.5, 0.6) is 5.75 Å². The van der Waals surface area contributed by atoms with Crippen LogP contribution in [0.2, 0.25) is 5.02 Å². The first kappa shape index (κ1) is 17.4. The van der Waals surface area contributed by atoms with E-state index in [0.717, 1.165) is 6.07 Å². The van der Waals surface area contributed by atoms with Crippen molar-refractivity contribution in [2.45, 2.75) is 0 Å². The van der Waals surface area contributed by atoms with Crippen molar-refractivity contribution in [1.82, 2.24) is 10.2 Å². The number of hydrogen-bond acceptors (Lipinski definition) is 7. The smallest absolute Gasteiger partial charge is 0.322 e. The zero-order chi connectivity index (χ0) is 18.7. The molecule has 0 aliphatic rings. The Morgan fingerprint density at radius 1 is 1.27 bits per heavy atom. The number of nitrogens with zero attached hydrogens (tertiary/aromatic N) is 3. The monoisotopic (exact) mass is 374 g/mol. The molecule has 0 fully saturated rings. The molecule has 1 amide bonds. The van der Waals surface area contributed by atoms with E-state index < -0.39 is 10.8 Å². The first-order valence-corrected chi connectivity index (χ1v) is 7.59. The SMILES string of the molecule is COc1cccc(-c2nnc(NC(=O)c3cc([N+](=O)[O-])ccc3Cl)o2)c1. The van der Waals surface area contributed by atoms with Gasteiger partial charge in [-0.1, -0.05) is 22.8 Å². The van der Waals surface area contributed by atoms with Gasteiger partial charge in [-0.15, -0.1) is 5.10 Å². The number of hydrogen-bond donors (Lipinski definition) is 1. The molecular formula is C16H11ClN4O5. The Hall–Kier alpha value is -3.46. The summed E-state index contributed by atoms with van der Waals surface area (Å²) in [5, 5.41) is 20.8. The van der Waals surface area contributed by atoms with E-state index in [9.17, 15) is 14.9 Å². The van der Waals surface area contributed by atoms with Gasteiger partial charge in [-0.3, -0.25) is 20.2 Å². The third-order valence-electron chi connectivity index (χ3n) is 3.37. The molecule has 0 spiro atoms. The summed E-state index contributed by atoms with van der Waals surface area (Å²) in [5.41, 5.74) is 0.259. The summed E-state index contributed by atoms with van der Waals surface area (Å²) >= 11 is 5.93. The predicted molar refractivity (Wildman–Crippen MR) is 92.3 cm³/mol. The molecule has 26 heavy (non-hydrogen) atoms. The Labute approximate surface area is 151 Å². The zero-order valence-electron chi connectivity index (χ0n) is 13.3. The van der Waals surface area contributed by atoms with Gasteiger partial charge in [-0.2, -0.15) is 0 Å². The number of non-ortho nitro benzene ring substituents is 1. The van der Waals surface area contributed by atoms with Gasteiger partial charge in [-0.05, 0) is 24.3 Å². The van der Waals surface area contributed by atoms with Crippen molar-refractivity contribution in [3.8, 4) is 17.2 Å². The zero-order valence-corrected chi connectivity index (χ0v) is 14.1. The van der Waals surface area contributed by atoms with Crippen LogP contribution in [0.3, 0.4) is 0 Å². The molecule has 0 saturated carbocycles. The Morgan fingerprint density at radius 3 is 2.81 bits per heavy atom. The molecular weight excluding hydrogens is 364 g/mol. The number of benzene rings is 2. The van der Waals surface area contributed by atoms with E-state index in [1.807, 2.05) is 0 Å². The quantitative estimate of drug-likeness (QED) is 0.535. The van der Waals surface area contributed by atoms with Crippen LogP contribution in [-0.2, 0) is 0 Å². The largest absolute Gasteiger partial charge is 0.497 e. The van der Waals surface area contributed by atoms with Crippen molar-refractivity contribution >= 4 is 29.2 Å². The molecule has 0 aliphatic carbocycles. The molecule has 1 heterocycles. The van der Waals surface area contributed by atoms with Gasteiger partial charge in [0.05, 0.1) is 22.6 Å². The van der Waals surface area contributed by atoms with Gasteiger partial charge in [-0.25, -0.2) is 0 Å². The summed E-state index contributed by atoms with van der Waals surface area (Å²) in [6, 6.07) is 10.3. The average molecular weight is 375 g/mol. The highest BCUT2D eigenvalue weighted by Crippen LogP contribution is 2.25. The lowest BCUT2D eigenvalue weighted by Gasteiger charge is -2.03. The molecule has 9 nitrogen and oxygen atoms in total. The maximum absolute atomic E-state index is 12.3. The summed E-state index contributed by atoms with van der Waals surface area (Å²) in [7, 11) is 1.53. The molecule has 3 rings (SSSR count). The van der Waals surface area contributed by atoms with Crippen LogP contribution >= 0.6 is 11.6 Å². The van der Waals surface area contributed by atoms with Gasteiger partial charge < -0.3 is 9.15 Å². The number of nitro benzene ring substituents is 1. The fourth-order valence-corrected chi connectivity index (χ4v) is 2.32. The van der Waals surface area contributed by atoms with E-state index in [-0.39, 0.29) is 28.2 Å². The molecule has 1 N–H and O–H groups in total. The summed E-state index contributed by atoms with van der Waals surface area (Å²) in [6.07, 6.45) is 0. The highest BCUT2D eigenvalue weighted by molar-refractivity contribution is 6.34. The van der Waals surface area contributed by atoms with Gasteiger partial charge in [0.15, 0.2) is 0 Å². The first-order chi connectivity index (χ1) is 12.5. The van der Waals surface area contributed by atoms with Crippen molar-refractivity contribution in [2.24, 2.45) is 0 Å². The van der Waals surface area contributed by atoms with E-state index >= 15 is 0 Å². The van der Waals surface area contributed by atoms with Crippen LogP contribution in [-0.4, -0.2) is 28.1 Å². The topological polar surface area (TPSA) is 120 Å². The minimum Gasteiger partial charge on any atom is -0.497 e. The van der Waals surface area contributed by atoms with Crippen LogP contribution in [0.25, 0.3) is 11.5 Å². The fourth-order valence-electron chi connectivity index (χ4n) is 2.11. The van der Waals surface area contributed by atoms with E-state index in [0.29, 0.717) is 11.3 Å². The number of halogens is 1. The van der Waals surface area contributed by atoms with Gasteiger partial charge in [0, 0.05) is 17.7 Å². The van der Waals surface area contributed by atoms with Crippen LogP contribution in [0.4, 0.5) is 11.7 Å². The normalized spacial score (nSPS) is 10.4. The third kappa shape index (κ3) is 3.62. The number of ether oxygens (including phenoxy) is 1. The molecule has 0 aliphatic heterocycles. The van der Waals surface area contributed by atoms with Crippen molar-refractivity contribution in [3.05, 3.63) is 63.2 Å². The fraction of sp³-hybridized carbons (Fsp3) is 0.0625. The molecule has 1 aromatic heterocycles. The molecule has 10 heteroatoms. The van der Waals surface area contributed by atoms with E-state index in [1.165, 1.54) is 19.2 Å². The Kier molecular flexibility index (Phi) is 4.81. The van der Waals surface area contributed by atoms with Crippen LogP contribution in [0.15, 0.2) is 46.9 Å². The maximum Gasteiger partial charge on any atom is 0.322 e. The summed E-state index contributed by atoms with van der Waals surface area (Å²) in [5.74, 6) is 0.0681. The minimum absolute atomic E-state index is 0.0561. The summed E-state index contributed by atoms with van der Waals surface area (Å²) in [4.78, 5) is 22.5. The van der Waals surface area contributed by atoms with Crippen LogP contribution in [0.1, 0.15) is 10.4 Å². The Morgan fingerprint density at radius 2 is 2.08 bits per heavy atom. The van der Waals surface area contributed by atoms with Gasteiger partial charge in [0.1, 0.15) is 5.75 Å². The van der Waals surface area contributed by atoms with E-state index in [4.69, 9.17) is 20.8 Å². The lowest BCUT2D eigenvalue weighted by atomic mass is 10.2. The lowest BCUT2D eigenvalue weighted by molar-refractivity contribution is -0.384. The molecule has 2 aromatic carbocycles. The minimum atomic E-state index is -0.709. The van der Waals surface area contributed by atoms with E-state index in [2.05, 4.69) is 15.5 Å². The molecule has 0 radical (unpaired) electrons. The predicted octanol–water partition coefficient (Wildman–Crippen LogP) is 3.56. The second-order valence-electron chi connectivity index (χ2n) is 5.02. The Balaban J connectivity index is 1.82. The number of methoxy groups -OCH3 is 1. The highest BCUT2D eigenvalue weighted by Gasteiger charge is 2.18. The molecule has 0 atom stereocenters. The number of anilines is 1.